The average molecular weight is 521 g/mol. The van der Waals surface area contributed by atoms with Crippen LogP contribution in [0, 0.1) is 10.8 Å². The Kier molecular flexibility index (Phi) is 4.25. The molecule has 2 atom stereocenters. The lowest BCUT2D eigenvalue weighted by Crippen LogP contribution is -2.47. The van der Waals surface area contributed by atoms with Gasteiger partial charge in [0.05, 0.1) is 0 Å². The number of fused-ring (bicyclic) bond motifs is 1. The van der Waals surface area contributed by atoms with E-state index < -0.39 is 10.8 Å². The first-order valence-electron chi connectivity index (χ1n) is 5.79. The fourth-order valence-electron chi connectivity index (χ4n) is 3.08. The molecule has 2 rings (SSSR count). The second-order valence-corrected chi connectivity index (χ2v) is 7.73. The van der Waals surface area contributed by atoms with E-state index in [2.05, 4.69) is 69.0 Å². The van der Waals surface area contributed by atoms with Crippen molar-refractivity contribution in [3.8, 4) is 0 Å². The van der Waals surface area contributed by atoms with E-state index >= 15 is 0 Å². The number of hydrogen-bond donors (Lipinski definition) is 1. The van der Waals surface area contributed by atoms with Gasteiger partial charge in [0.2, 0.25) is 11.8 Å². The Morgan fingerprint density at radius 1 is 0.842 bits per heavy atom. The number of allylic oxidation sites excluding steroid dienone is 2. The Morgan fingerprint density at radius 3 is 1.42 bits per heavy atom. The molecule has 2 aliphatic rings. The third kappa shape index (κ3) is 1.64. The number of nitrogens with one attached hydrogen (secondary N) is 1. The minimum Gasteiger partial charge on any atom is -0.295 e. The third-order valence-electron chi connectivity index (χ3n) is 4.12. The highest BCUT2D eigenvalue weighted by Crippen LogP contribution is 2.66. The van der Waals surface area contributed by atoms with E-state index in [4.69, 9.17) is 0 Å². The molecule has 0 saturated carbocycles. The second kappa shape index (κ2) is 5.07. The molecule has 0 radical (unpaired) electrons. The number of imide groups is 1. The van der Waals surface area contributed by atoms with Gasteiger partial charge in [-0.3, -0.25) is 14.9 Å². The van der Waals surface area contributed by atoms with Crippen LogP contribution in [0.4, 0.5) is 0 Å². The first kappa shape index (κ1) is 15.9. The molecule has 0 spiro atoms. The van der Waals surface area contributed by atoms with Crippen LogP contribution in [0.1, 0.15) is 26.7 Å². The molecule has 7 heteroatoms. The maximum Gasteiger partial charge on any atom is 0.239 e. The summed E-state index contributed by atoms with van der Waals surface area (Å²) >= 11 is 14.0. The maximum absolute atomic E-state index is 12.5. The molecule has 1 aliphatic heterocycles. The highest BCUT2D eigenvalue weighted by atomic mass is 79.9. The number of rotatable bonds is 2. The molecule has 1 heterocycles. The van der Waals surface area contributed by atoms with Crippen LogP contribution in [0.15, 0.2) is 17.9 Å². The van der Waals surface area contributed by atoms with Gasteiger partial charge in [-0.15, -0.1) is 0 Å². The lowest BCUT2D eigenvalue weighted by molar-refractivity contribution is -0.128. The molecule has 0 aromatic rings. The van der Waals surface area contributed by atoms with Gasteiger partial charge in [0.25, 0.3) is 0 Å². The molecule has 0 bridgehead atoms. The normalized spacial score (nSPS) is 34.8. The Bertz CT molecular complexity index is 506. The molecule has 2 amide bonds. The van der Waals surface area contributed by atoms with Gasteiger partial charge in [0.1, 0.15) is 10.8 Å². The maximum atomic E-state index is 12.5. The van der Waals surface area contributed by atoms with Crippen LogP contribution < -0.4 is 5.32 Å². The lowest BCUT2D eigenvalue weighted by Gasteiger charge is -2.44. The number of hydrogen-bond acceptors (Lipinski definition) is 2. The van der Waals surface area contributed by atoms with Gasteiger partial charge < -0.3 is 0 Å². The summed E-state index contributed by atoms with van der Waals surface area (Å²) in [6.45, 7) is 3.84. The molecule has 1 aliphatic carbocycles. The molecule has 1 saturated heterocycles. The summed E-state index contributed by atoms with van der Waals surface area (Å²) in [7, 11) is 0. The zero-order valence-electron chi connectivity index (χ0n) is 10.2. The van der Waals surface area contributed by atoms with E-state index in [1.807, 2.05) is 13.8 Å². The molecule has 104 valence electrons. The lowest BCUT2D eigenvalue weighted by atomic mass is 9.60. The van der Waals surface area contributed by atoms with Gasteiger partial charge in [-0.2, -0.15) is 0 Å². The van der Waals surface area contributed by atoms with Crippen molar-refractivity contribution in [3.63, 3.8) is 0 Å². The molecule has 2 unspecified atom stereocenters. The smallest absolute Gasteiger partial charge is 0.239 e. The zero-order valence-corrected chi connectivity index (χ0v) is 16.6. The SMILES string of the molecule is CCC12C(=O)NC(=O)C1(CC)C(Br)=C(Br)C(Br)=C2Br. The Balaban J connectivity index is 2.91. The summed E-state index contributed by atoms with van der Waals surface area (Å²) in [5.41, 5.74) is -1.79. The first-order valence-corrected chi connectivity index (χ1v) is 8.96. The van der Waals surface area contributed by atoms with Crippen molar-refractivity contribution in [3.05, 3.63) is 17.9 Å². The Morgan fingerprint density at radius 2 is 1.16 bits per heavy atom. The molecule has 0 aromatic heterocycles. The van der Waals surface area contributed by atoms with Crippen molar-refractivity contribution >= 4 is 75.5 Å². The summed E-state index contributed by atoms with van der Waals surface area (Å²) < 4.78 is 2.94. The monoisotopic (exact) mass is 517 g/mol. The van der Waals surface area contributed by atoms with E-state index in [9.17, 15) is 9.59 Å². The molecule has 3 nitrogen and oxygen atoms in total. The summed E-state index contributed by atoms with van der Waals surface area (Å²) in [5, 5.41) is 2.50. The van der Waals surface area contributed by atoms with E-state index in [1.54, 1.807) is 0 Å². The predicted octanol–water partition coefficient (Wildman–Crippen LogP) is 4.45. The number of halogens is 4. The number of carbonyl (C=O) groups is 2. The van der Waals surface area contributed by atoms with Gasteiger partial charge in [0, 0.05) is 17.9 Å². The van der Waals surface area contributed by atoms with Crippen LogP contribution >= 0.6 is 63.7 Å². The van der Waals surface area contributed by atoms with E-state index in [1.165, 1.54) is 0 Å². The predicted molar refractivity (Wildman–Crippen MR) is 88.4 cm³/mol. The first-order chi connectivity index (χ1) is 8.81. The van der Waals surface area contributed by atoms with Gasteiger partial charge in [-0.05, 0) is 44.7 Å². The molecular formula is C12H11Br4NO2. The summed E-state index contributed by atoms with van der Waals surface area (Å²) in [5.74, 6) is -0.495. The van der Waals surface area contributed by atoms with Gasteiger partial charge >= 0.3 is 0 Å². The van der Waals surface area contributed by atoms with E-state index in [-0.39, 0.29) is 11.8 Å². The summed E-state index contributed by atoms with van der Waals surface area (Å²) in [6.07, 6.45) is 1.06. The summed E-state index contributed by atoms with van der Waals surface area (Å²) in [6, 6.07) is 0. The highest BCUT2D eigenvalue weighted by Gasteiger charge is 2.69. The van der Waals surface area contributed by atoms with Crippen LogP contribution in [0.2, 0.25) is 0 Å². The minimum atomic E-state index is -0.895. The van der Waals surface area contributed by atoms with Crippen LogP contribution in [-0.4, -0.2) is 11.8 Å². The average Bonchev–Trinajstić information content (AvgIpc) is 2.62. The van der Waals surface area contributed by atoms with Crippen molar-refractivity contribution in [1.29, 1.82) is 0 Å². The van der Waals surface area contributed by atoms with Gasteiger partial charge in [-0.25, -0.2) is 0 Å². The zero-order chi connectivity index (χ0) is 14.6. The Hall–Kier alpha value is 0.540. The van der Waals surface area contributed by atoms with Crippen molar-refractivity contribution in [1.82, 2.24) is 5.32 Å². The van der Waals surface area contributed by atoms with Crippen LogP contribution in [0.25, 0.3) is 0 Å². The molecule has 0 aromatic carbocycles. The fourth-order valence-corrected chi connectivity index (χ4v) is 6.68. The number of amides is 2. The van der Waals surface area contributed by atoms with Crippen LogP contribution in [-0.2, 0) is 9.59 Å². The molecule has 1 N–H and O–H groups in total. The minimum absolute atomic E-state index is 0.248. The van der Waals surface area contributed by atoms with Crippen LogP contribution in [0.3, 0.4) is 0 Å². The van der Waals surface area contributed by atoms with Crippen LogP contribution in [0.5, 0.6) is 0 Å². The van der Waals surface area contributed by atoms with Crippen molar-refractivity contribution < 1.29 is 9.59 Å². The van der Waals surface area contributed by atoms with Crippen molar-refractivity contribution in [2.24, 2.45) is 10.8 Å². The van der Waals surface area contributed by atoms with Crippen molar-refractivity contribution in [2.45, 2.75) is 26.7 Å². The largest absolute Gasteiger partial charge is 0.295 e. The molecule has 19 heavy (non-hydrogen) atoms. The second-order valence-electron chi connectivity index (χ2n) is 4.56. The Labute approximate surface area is 145 Å². The third-order valence-corrected chi connectivity index (χ3v) is 9.45. The molecular weight excluding hydrogens is 510 g/mol. The van der Waals surface area contributed by atoms with E-state index in [0.717, 1.165) is 8.96 Å². The molecule has 1 fully saturated rings. The standard InChI is InChI=1S/C12H11Br4NO2/c1-3-11-7(15)5(13)6(14)8(16)12(11,4-2)10(19)17-9(11)18/h3-4H2,1-2H3,(H,17,18,19). The van der Waals surface area contributed by atoms with E-state index in [0.29, 0.717) is 21.8 Å². The van der Waals surface area contributed by atoms with Gasteiger partial charge in [0.15, 0.2) is 0 Å². The van der Waals surface area contributed by atoms with Crippen molar-refractivity contribution in [2.75, 3.05) is 0 Å². The highest BCUT2D eigenvalue weighted by molar-refractivity contribution is 9.17. The topological polar surface area (TPSA) is 46.2 Å². The number of carbonyl (C=O) groups excluding carboxylic acids is 2. The summed E-state index contributed by atoms with van der Waals surface area (Å²) in [4.78, 5) is 24.9. The fraction of sp³-hybridized carbons (Fsp3) is 0.500. The van der Waals surface area contributed by atoms with Gasteiger partial charge in [-0.1, -0.05) is 45.7 Å². The quantitative estimate of drug-likeness (QED) is 0.547.